The molecule has 1 saturated heterocycles. The Hall–Kier alpha value is -1.92. The number of hydrogen-bond donors (Lipinski definition) is 3. The summed E-state index contributed by atoms with van der Waals surface area (Å²) < 4.78 is 10.7. The summed E-state index contributed by atoms with van der Waals surface area (Å²) >= 11 is 0. The lowest BCUT2D eigenvalue weighted by molar-refractivity contribution is 0.146. The van der Waals surface area contributed by atoms with E-state index in [1.165, 1.54) is 11.1 Å². The molecule has 3 N–H and O–H groups in total. The van der Waals surface area contributed by atoms with Crippen LogP contribution in [0, 0.1) is 5.92 Å². The summed E-state index contributed by atoms with van der Waals surface area (Å²) in [6.07, 6.45) is 0. The van der Waals surface area contributed by atoms with Crippen LogP contribution in [0.15, 0.2) is 54.6 Å². The van der Waals surface area contributed by atoms with Gasteiger partial charge in [-0.05, 0) is 23.3 Å². The van der Waals surface area contributed by atoms with Crippen molar-refractivity contribution in [1.29, 1.82) is 0 Å². The molecule has 0 bridgehead atoms. The molecule has 25 heavy (non-hydrogen) atoms. The van der Waals surface area contributed by atoms with Crippen molar-refractivity contribution in [1.82, 2.24) is 16.2 Å². The predicted molar refractivity (Wildman–Crippen MR) is 99.3 cm³/mol. The summed E-state index contributed by atoms with van der Waals surface area (Å²) in [7, 11) is 1.68. The molecule has 0 amide bonds. The van der Waals surface area contributed by atoms with Crippen molar-refractivity contribution in [2.24, 2.45) is 5.92 Å². The van der Waals surface area contributed by atoms with E-state index < -0.39 is 0 Å². The van der Waals surface area contributed by atoms with Gasteiger partial charge in [0.2, 0.25) is 0 Å². The van der Waals surface area contributed by atoms with Gasteiger partial charge in [-0.1, -0.05) is 42.5 Å². The number of rotatable bonds is 9. The zero-order valence-corrected chi connectivity index (χ0v) is 14.7. The molecule has 0 aromatic heterocycles. The lowest BCUT2D eigenvalue weighted by Crippen LogP contribution is -2.28. The van der Waals surface area contributed by atoms with Gasteiger partial charge in [0.25, 0.3) is 0 Å². The normalized spacial score (nSPS) is 19.9. The zero-order chi connectivity index (χ0) is 17.3. The molecule has 0 aliphatic carbocycles. The van der Waals surface area contributed by atoms with Gasteiger partial charge in [-0.25, -0.2) is 5.43 Å². The van der Waals surface area contributed by atoms with Crippen LogP contribution >= 0.6 is 0 Å². The van der Waals surface area contributed by atoms with Crippen LogP contribution in [0.2, 0.25) is 0 Å². The second kappa shape index (κ2) is 9.53. The molecule has 2 unspecified atom stereocenters. The molecule has 134 valence electrons. The van der Waals surface area contributed by atoms with Crippen LogP contribution < -0.4 is 20.9 Å². The Balaban J connectivity index is 1.48. The summed E-state index contributed by atoms with van der Waals surface area (Å²) in [5, 5.41) is 3.58. The van der Waals surface area contributed by atoms with Crippen molar-refractivity contribution >= 4 is 0 Å². The van der Waals surface area contributed by atoms with Gasteiger partial charge < -0.3 is 14.8 Å². The van der Waals surface area contributed by atoms with Crippen molar-refractivity contribution in [3.05, 3.63) is 65.7 Å². The number of methoxy groups -OCH3 is 1. The molecular formula is C20H27N3O2. The largest absolute Gasteiger partial charge is 0.491 e. The van der Waals surface area contributed by atoms with Crippen LogP contribution in [0.3, 0.4) is 0 Å². The van der Waals surface area contributed by atoms with Gasteiger partial charge in [0.15, 0.2) is 0 Å². The van der Waals surface area contributed by atoms with Crippen molar-refractivity contribution in [2.45, 2.75) is 12.6 Å². The van der Waals surface area contributed by atoms with Crippen molar-refractivity contribution in [2.75, 3.05) is 33.4 Å². The average Bonchev–Trinajstić information content (AvgIpc) is 3.12. The highest BCUT2D eigenvalue weighted by Gasteiger charge is 2.27. The van der Waals surface area contributed by atoms with Crippen molar-refractivity contribution in [3.63, 3.8) is 0 Å². The van der Waals surface area contributed by atoms with Gasteiger partial charge in [-0.2, -0.15) is 0 Å². The number of benzene rings is 2. The van der Waals surface area contributed by atoms with Crippen molar-refractivity contribution in [3.8, 4) is 5.75 Å². The molecule has 0 saturated carbocycles. The number of hydrogen-bond acceptors (Lipinski definition) is 5. The summed E-state index contributed by atoms with van der Waals surface area (Å²) in [4.78, 5) is 0. The third kappa shape index (κ3) is 5.28. The Kier molecular flexibility index (Phi) is 6.82. The number of ether oxygens (including phenoxy) is 2. The quantitative estimate of drug-likeness (QED) is 0.611. The molecule has 0 radical (unpaired) electrons. The molecule has 1 aliphatic rings. The van der Waals surface area contributed by atoms with E-state index in [0.29, 0.717) is 25.2 Å². The monoisotopic (exact) mass is 341 g/mol. The summed E-state index contributed by atoms with van der Waals surface area (Å²) in [6.45, 7) is 3.93. The maximum Gasteiger partial charge on any atom is 0.119 e. The summed E-state index contributed by atoms with van der Waals surface area (Å²) in [5.41, 5.74) is 9.23. The molecule has 5 heteroatoms. The Morgan fingerprint density at radius 1 is 1.08 bits per heavy atom. The second-order valence-electron chi connectivity index (χ2n) is 6.29. The van der Waals surface area contributed by atoms with E-state index in [0.717, 1.165) is 25.4 Å². The first-order valence-electron chi connectivity index (χ1n) is 8.81. The molecular weight excluding hydrogens is 314 g/mol. The SMILES string of the molecule is COCCOc1cccc(CNCC2CNNC2c2ccccc2)c1. The molecule has 3 rings (SSSR count). The maximum atomic E-state index is 5.67. The fourth-order valence-electron chi connectivity index (χ4n) is 3.13. The van der Waals surface area contributed by atoms with Gasteiger partial charge in [0, 0.05) is 32.7 Å². The second-order valence-corrected chi connectivity index (χ2v) is 6.29. The number of hydrazine groups is 1. The third-order valence-corrected chi connectivity index (χ3v) is 4.44. The molecule has 1 aliphatic heterocycles. The molecule has 1 heterocycles. The highest BCUT2D eigenvalue weighted by Crippen LogP contribution is 2.24. The lowest BCUT2D eigenvalue weighted by atomic mass is 9.95. The highest BCUT2D eigenvalue weighted by molar-refractivity contribution is 5.28. The predicted octanol–water partition coefficient (Wildman–Crippen LogP) is 2.27. The fraction of sp³-hybridized carbons (Fsp3) is 0.400. The smallest absolute Gasteiger partial charge is 0.119 e. The van der Waals surface area contributed by atoms with Gasteiger partial charge in [-0.3, -0.25) is 5.43 Å². The molecule has 0 spiro atoms. The van der Waals surface area contributed by atoms with E-state index in [1.54, 1.807) is 7.11 Å². The van der Waals surface area contributed by atoms with E-state index in [9.17, 15) is 0 Å². The third-order valence-electron chi connectivity index (χ3n) is 4.44. The Labute approximate surface area is 149 Å². The summed E-state index contributed by atoms with van der Waals surface area (Å²) in [5.74, 6) is 1.41. The van der Waals surface area contributed by atoms with E-state index in [-0.39, 0.29) is 0 Å². The first-order valence-corrected chi connectivity index (χ1v) is 8.81. The van der Waals surface area contributed by atoms with Crippen LogP contribution in [-0.4, -0.2) is 33.4 Å². The minimum Gasteiger partial charge on any atom is -0.491 e. The van der Waals surface area contributed by atoms with Gasteiger partial charge in [0.1, 0.15) is 12.4 Å². The van der Waals surface area contributed by atoms with Crippen LogP contribution in [0.1, 0.15) is 17.2 Å². The Bertz CT molecular complexity index is 636. The average molecular weight is 341 g/mol. The first kappa shape index (κ1) is 17.9. The van der Waals surface area contributed by atoms with E-state index in [1.807, 2.05) is 12.1 Å². The van der Waals surface area contributed by atoms with Gasteiger partial charge in [-0.15, -0.1) is 0 Å². The maximum absolute atomic E-state index is 5.67. The standard InChI is InChI=1S/C20H27N3O2/c1-24-10-11-25-19-9-5-6-16(12-19)13-21-14-18-15-22-23-20(18)17-7-3-2-4-8-17/h2-9,12,18,20-23H,10-11,13-15H2,1H3. The van der Waals surface area contributed by atoms with E-state index in [4.69, 9.17) is 9.47 Å². The molecule has 2 aromatic rings. The van der Waals surface area contributed by atoms with Gasteiger partial charge in [0.05, 0.1) is 12.6 Å². The summed E-state index contributed by atoms with van der Waals surface area (Å²) in [6, 6.07) is 19.2. The lowest BCUT2D eigenvalue weighted by Gasteiger charge is -2.19. The van der Waals surface area contributed by atoms with Crippen molar-refractivity contribution < 1.29 is 9.47 Å². The highest BCUT2D eigenvalue weighted by atomic mass is 16.5. The molecule has 2 aromatic carbocycles. The van der Waals surface area contributed by atoms with Crippen LogP contribution in [0.4, 0.5) is 0 Å². The Morgan fingerprint density at radius 3 is 2.80 bits per heavy atom. The molecule has 5 nitrogen and oxygen atoms in total. The van der Waals surface area contributed by atoms with E-state index >= 15 is 0 Å². The van der Waals surface area contributed by atoms with Crippen LogP contribution in [-0.2, 0) is 11.3 Å². The minimum absolute atomic E-state index is 0.345. The zero-order valence-electron chi connectivity index (χ0n) is 14.7. The fourth-order valence-corrected chi connectivity index (χ4v) is 3.13. The van der Waals surface area contributed by atoms with Gasteiger partial charge >= 0.3 is 0 Å². The number of nitrogens with one attached hydrogen (secondary N) is 3. The first-order chi connectivity index (χ1) is 12.4. The van der Waals surface area contributed by atoms with E-state index in [2.05, 4.69) is 58.6 Å². The Morgan fingerprint density at radius 2 is 1.96 bits per heavy atom. The minimum atomic E-state index is 0.345. The van der Waals surface area contributed by atoms with Crippen LogP contribution in [0.25, 0.3) is 0 Å². The topological polar surface area (TPSA) is 54.6 Å². The molecule has 2 atom stereocenters. The molecule has 1 fully saturated rings. The van der Waals surface area contributed by atoms with Crippen LogP contribution in [0.5, 0.6) is 5.75 Å².